The van der Waals surface area contributed by atoms with Crippen LogP contribution in [0.1, 0.15) is 19.8 Å². The van der Waals surface area contributed by atoms with Crippen molar-refractivity contribution in [3.63, 3.8) is 0 Å². The molecule has 1 fully saturated rings. The number of carbonyl (C=O) groups excluding carboxylic acids is 1. The van der Waals surface area contributed by atoms with Crippen molar-refractivity contribution >= 4 is 11.6 Å². The first-order valence-corrected chi connectivity index (χ1v) is 6.97. The van der Waals surface area contributed by atoms with Gasteiger partial charge in [0.15, 0.2) is 0 Å². The molecule has 0 bridgehead atoms. The van der Waals surface area contributed by atoms with Crippen molar-refractivity contribution in [1.29, 1.82) is 0 Å². The Balaban J connectivity index is 1.64. The Bertz CT molecular complexity index is 499. The van der Waals surface area contributed by atoms with Gasteiger partial charge in [-0.3, -0.25) is 14.9 Å². The second kappa shape index (κ2) is 7.03. The number of non-ortho nitro benzene ring substituents is 1. The molecule has 1 unspecified atom stereocenters. The van der Waals surface area contributed by atoms with Crippen LogP contribution in [0.2, 0.25) is 0 Å². The Hall–Kier alpha value is -2.15. The lowest BCUT2D eigenvalue weighted by Gasteiger charge is -2.14. The summed E-state index contributed by atoms with van der Waals surface area (Å²) in [6, 6.07) is 6.01. The number of nitro groups is 1. The Kier molecular flexibility index (Phi) is 5.10. The van der Waals surface area contributed by atoms with Gasteiger partial charge in [-0.25, -0.2) is 0 Å². The molecular weight excluding hydrogens is 274 g/mol. The van der Waals surface area contributed by atoms with Crippen molar-refractivity contribution in [3.8, 4) is 5.75 Å². The van der Waals surface area contributed by atoms with Crippen LogP contribution >= 0.6 is 0 Å². The maximum Gasteiger partial charge on any atom is 0.269 e. The third-order valence-corrected chi connectivity index (χ3v) is 3.19. The minimum absolute atomic E-state index is 0.00726. The Labute approximate surface area is 122 Å². The second-order valence-electron chi connectivity index (χ2n) is 5.06. The van der Waals surface area contributed by atoms with Crippen molar-refractivity contribution in [2.75, 3.05) is 13.2 Å². The van der Waals surface area contributed by atoms with Gasteiger partial charge in [0.1, 0.15) is 12.4 Å². The molecule has 2 N–H and O–H groups in total. The molecule has 1 aliphatic carbocycles. The highest BCUT2D eigenvalue weighted by molar-refractivity contribution is 5.81. The quantitative estimate of drug-likeness (QED) is 0.427. The topological polar surface area (TPSA) is 93.5 Å². The average Bonchev–Trinajstić information content (AvgIpc) is 3.27. The maximum absolute atomic E-state index is 11.7. The Morgan fingerprint density at radius 1 is 1.43 bits per heavy atom. The van der Waals surface area contributed by atoms with Gasteiger partial charge in [0, 0.05) is 24.7 Å². The summed E-state index contributed by atoms with van der Waals surface area (Å²) in [5.41, 5.74) is 0.0332. The van der Waals surface area contributed by atoms with E-state index in [0.717, 1.165) is 12.8 Å². The number of amides is 1. The van der Waals surface area contributed by atoms with Gasteiger partial charge >= 0.3 is 0 Å². The molecule has 1 atom stereocenters. The molecule has 0 aliphatic heterocycles. The zero-order chi connectivity index (χ0) is 15.2. The highest BCUT2D eigenvalue weighted by Gasteiger charge is 2.25. The molecule has 0 spiro atoms. The van der Waals surface area contributed by atoms with Crippen LogP contribution in [-0.4, -0.2) is 36.1 Å². The van der Waals surface area contributed by atoms with E-state index in [0.29, 0.717) is 24.9 Å². The third kappa shape index (κ3) is 5.03. The monoisotopic (exact) mass is 293 g/mol. The van der Waals surface area contributed by atoms with Crippen LogP contribution in [0, 0.1) is 10.1 Å². The minimum Gasteiger partial charge on any atom is -0.492 e. The van der Waals surface area contributed by atoms with Gasteiger partial charge in [0.2, 0.25) is 5.91 Å². The molecule has 7 heteroatoms. The van der Waals surface area contributed by atoms with Crippen molar-refractivity contribution in [1.82, 2.24) is 10.6 Å². The highest BCUT2D eigenvalue weighted by atomic mass is 16.6. The lowest BCUT2D eigenvalue weighted by Crippen LogP contribution is -2.44. The van der Waals surface area contributed by atoms with E-state index >= 15 is 0 Å². The summed E-state index contributed by atoms with van der Waals surface area (Å²) in [5, 5.41) is 16.5. The number of nitro benzene ring substituents is 1. The van der Waals surface area contributed by atoms with Crippen LogP contribution < -0.4 is 15.4 Å². The van der Waals surface area contributed by atoms with Gasteiger partial charge in [-0.1, -0.05) is 0 Å². The highest BCUT2D eigenvalue weighted by Crippen LogP contribution is 2.18. The summed E-state index contributed by atoms with van der Waals surface area (Å²) in [5.74, 6) is 0.574. The largest absolute Gasteiger partial charge is 0.492 e. The number of nitrogens with one attached hydrogen (secondary N) is 2. The van der Waals surface area contributed by atoms with Crippen LogP contribution in [0.3, 0.4) is 0 Å². The fourth-order valence-corrected chi connectivity index (χ4v) is 1.75. The third-order valence-electron chi connectivity index (χ3n) is 3.19. The van der Waals surface area contributed by atoms with Gasteiger partial charge in [-0.2, -0.15) is 0 Å². The zero-order valence-corrected chi connectivity index (χ0v) is 11.9. The summed E-state index contributed by atoms with van der Waals surface area (Å²) in [4.78, 5) is 21.7. The molecule has 1 aromatic rings. The number of rotatable bonds is 8. The van der Waals surface area contributed by atoms with E-state index in [4.69, 9.17) is 4.74 Å². The number of hydrogen-bond donors (Lipinski definition) is 2. The predicted octanol–water partition coefficient (Wildman–Crippen LogP) is 1.23. The first-order valence-electron chi connectivity index (χ1n) is 6.97. The first kappa shape index (κ1) is 15.2. The van der Waals surface area contributed by atoms with E-state index in [1.54, 1.807) is 12.1 Å². The van der Waals surface area contributed by atoms with Crippen LogP contribution in [0.4, 0.5) is 5.69 Å². The number of hydrogen-bond acceptors (Lipinski definition) is 5. The van der Waals surface area contributed by atoms with Crippen LogP contribution in [0.25, 0.3) is 0 Å². The van der Waals surface area contributed by atoms with Gasteiger partial charge in [0.05, 0.1) is 11.0 Å². The predicted molar refractivity (Wildman–Crippen MR) is 77.2 cm³/mol. The number of carbonyl (C=O) groups is 1. The Morgan fingerprint density at radius 2 is 2.10 bits per heavy atom. The van der Waals surface area contributed by atoms with E-state index in [1.807, 2.05) is 6.92 Å². The molecule has 1 saturated carbocycles. The van der Waals surface area contributed by atoms with Crippen LogP contribution in [0.5, 0.6) is 5.75 Å². The number of nitrogens with zero attached hydrogens (tertiary/aromatic N) is 1. The summed E-state index contributed by atoms with van der Waals surface area (Å²) in [6.45, 7) is 2.72. The van der Waals surface area contributed by atoms with Crippen LogP contribution in [-0.2, 0) is 4.79 Å². The molecule has 2 rings (SSSR count). The van der Waals surface area contributed by atoms with E-state index in [2.05, 4.69) is 10.6 Å². The van der Waals surface area contributed by atoms with E-state index < -0.39 is 4.92 Å². The lowest BCUT2D eigenvalue weighted by molar-refractivity contribution is -0.384. The zero-order valence-electron chi connectivity index (χ0n) is 11.9. The molecule has 21 heavy (non-hydrogen) atoms. The summed E-state index contributed by atoms with van der Waals surface area (Å²) in [6.07, 6.45) is 2.14. The van der Waals surface area contributed by atoms with Crippen molar-refractivity contribution in [3.05, 3.63) is 34.4 Å². The normalized spacial score (nSPS) is 15.3. The summed E-state index contributed by atoms with van der Waals surface area (Å²) < 4.78 is 5.45. The second-order valence-corrected chi connectivity index (χ2v) is 5.06. The smallest absolute Gasteiger partial charge is 0.269 e. The summed E-state index contributed by atoms with van der Waals surface area (Å²) >= 11 is 0. The molecule has 7 nitrogen and oxygen atoms in total. The lowest BCUT2D eigenvalue weighted by atomic mass is 10.3. The SMILES string of the molecule is CC(NCCOc1ccc([N+](=O)[O-])cc1)C(=O)NC1CC1. The van der Waals surface area contributed by atoms with Gasteiger partial charge in [0.25, 0.3) is 5.69 Å². The van der Waals surface area contributed by atoms with Gasteiger partial charge in [-0.15, -0.1) is 0 Å². The van der Waals surface area contributed by atoms with Crippen molar-refractivity contribution in [2.24, 2.45) is 0 Å². The fourth-order valence-electron chi connectivity index (χ4n) is 1.75. The first-order chi connectivity index (χ1) is 10.1. The summed E-state index contributed by atoms with van der Waals surface area (Å²) in [7, 11) is 0. The molecular formula is C14H19N3O4. The van der Waals surface area contributed by atoms with Crippen molar-refractivity contribution in [2.45, 2.75) is 31.8 Å². The standard InChI is InChI=1S/C14H19N3O4/c1-10(14(18)16-11-2-3-11)15-8-9-21-13-6-4-12(5-7-13)17(19)20/h4-7,10-11,15H,2-3,8-9H2,1H3,(H,16,18). The molecule has 0 radical (unpaired) electrons. The molecule has 0 aromatic heterocycles. The average molecular weight is 293 g/mol. The minimum atomic E-state index is -0.453. The molecule has 1 aromatic carbocycles. The van der Waals surface area contributed by atoms with E-state index in [-0.39, 0.29) is 17.6 Å². The number of ether oxygens (including phenoxy) is 1. The molecule has 114 valence electrons. The van der Waals surface area contributed by atoms with Crippen molar-refractivity contribution < 1.29 is 14.5 Å². The van der Waals surface area contributed by atoms with Gasteiger partial charge in [-0.05, 0) is 31.9 Å². The molecule has 0 heterocycles. The number of benzene rings is 1. The van der Waals surface area contributed by atoms with Crippen LogP contribution in [0.15, 0.2) is 24.3 Å². The Morgan fingerprint density at radius 3 is 2.67 bits per heavy atom. The molecule has 1 amide bonds. The van der Waals surface area contributed by atoms with E-state index in [9.17, 15) is 14.9 Å². The maximum atomic E-state index is 11.7. The molecule has 1 aliphatic rings. The van der Waals surface area contributed by atoms with Gasteiger partial charge < -0.3 is 15.4 Å². The molecule has 0 saturated heterocycles. The fraction of sp³-hybridized carbons (Fsp3) is 0.500. The van der Waals surface area contributed by atoms with E-state index in [1.165, 1.54) is 12.1 Å².